The SMILES string of the molecule is COCC(=O)N1CC2C[C@@H](NC(=O)c3cncc(C)c3)C[C@]2(c2nc(C)no2)C1. The van der Waals surface area contributed by atoms with E-state index in [1.54, 1.807) is 24.2 Å². The molecular weight excluding hydrogens is 374 g/mol. The highest BCUT2D eigenvalue weighted by molar-refractivity contribution is 5.94. The Labute approximate surface area is 168 Å². The summed E-state index contributed by atoms with van der Waals surface area (Å²) in [6.07, 6.45) is 4.67. The van der Waals surface area contributed by atoms with Crippen molar-refractivity contribution >= 4 is 11.8 Å². The van der Waals surface area contributed by atoms with E-state index in [2.05, 4.69) is 20.4 Å². The van der Waals surface area contributed by atoms with Gasteiger partial charge in [0.05, 0.1) is 11.0 Å². The molecule has 2 fully saturated rings. The normalized spacial score (nSPS) is 25.8. The van der Waals surface area contributed by atoms with E-state index >= 15 is 0 Å². The maximum absolute atomic E-state index is 12.7. The van der Waals surface area contributed by atoms with Crippen LogP contribution in [0.1, 0.15) is 40.5 Å². The van der Waals surface area contributed by atoms with Crippen molar-refractivity contribution in [3.63, 3.8) is 0 Å². The number of likely N-dealkylation sites (tertiary alicyclic amines) is 1. The first-order valence-corrected chi connectivity index (χ1v) is 9.71. The first kappa shape index (κ1) is 19.5. The van der Waals surface area contributed by atoms with E-state index in [4.69, 9.17) is 9.26 Å². The Kier molecular flexibility index (Phi) is 5.08. The molecule has 1 N–H and O–H groups in total. The molecule has 4 rings (SSSR count). The monoisotopic (exact) mass is 399 g/mol. The van der Waals surface area contributed by atoms with Crippen LogP contribution in [-0.2, 0) is 14.9 Å². The van der Waals surface area contributed by atoms with Crippen LogP contribution in [0.2, 0.25) is 0 Å². The summed E-state index contributed by atoms with van der Waals surface area (Å²) in [5, 5.41) is 7.08. The molecule has 0 bridgehead atoms. The molecule has 1 saturated carbocycles. The highest BCUT2D eigenvalue weighted by Crippen LogP contribution is 2.50. The molecule has 9 nitrogen and oxygen atoms in total. The smallest absolute Gasteiger partial charge is 0.253 e. The van der Waals surface area contributed by atoms with E-state index in [1.165, 1.54) is 7.11 Å². The number of rotatable bonds is 5. The van der Waals surface area contributed by atoms with Gasteiger partial charge in [-0.1, -0.05) is 5.16 Å². The van der Waals surface area contributed by atoms with E-state index < -0.39 is 5.41 Å². The molecule has 9 heteroatoms. The number of carbonyl (C=O) groups excluding carboxylic acids is 2. The van der Waals surface area contributed by atoms with Gasteiger partial charge in [0.15, 0.2) is 5.82 Å². The van der Waals surface area contributed by atoms with Gasteiger partial charge in [-0.2, -0.15) is 4.98 Å². The second-order valence-electron chi connectivity index (χ2n) is 8.07. The highest BCUT2D eigenvalue weighted by atomic mass is 16.5. The fraction of sp³-hybridized carbons (Fsp3) is 0.550. The van der Waals surface area contributed by atoms with Crippen LogP contribution in [0.15, 0.2) is 23.0 Å². The Hall–Kier alpha value is -2.81. The van der Waals surface area contributed by atoms with Crippen LogP contribution in [0.25, 0.3) is 0 Å². The van der Waals surface area contributed by atoms with E-state index in [0.717, 1.165) is 12.0 Å². The molecule has 154 valence electrons. The van der Waals surface area contributed by atoms with E-state index in [-0.39, 0.29) is 30.4 Å². The number of ether oxygens (including phenoxy) is 1. The van der Waals surface area contributed by atoms with Crippen LogP contribution >= 0.6 is 0 Å². The zero-order chi connectivity index (χ0) is 20.6. The number of methoxy groups -OCH3 is 1. The van der Waals surface area contributed by atoms with E-state index in [1.807, 2.05) is 13.0 Å². The topological polar surface area (TPSA) is 110 Å². The van der Waals surface area contributed by atoms with Crippen LogP contribution in [-0.4, -0.2) is 64.7 Å². The Morgan fingerprint density at radius 1 is 1.38 bits per heavy atom. The molecule has 0 spiro atoms. The van der Waals surface area contributed by atoms with Crippen LogP contribution in [0.5, 0.6) is 0 Å². The summed E-state index contributed by atoms with van der Waals surface area (Å²) in [6, 6.07) is 1.78. The van der Waals surface area contributed by atoms with Gasteiger partial charge in [-0.25, -0.2) is 0 Å². The number of hydrogen-bond acceptors (Lipinski definition) is 7. The number of fused-ring (bicyclic) bond motifs is 1. The van der Waals surface area contributed by atoms with Crippen molar-refractivity contribution < 1.29 is 18.8 Å². The van der Waals surface area contributed by atoms with Crippen molar-refractivity contribution in [3.05, 3.63) is 41.3 Å². The molecule has 0 aromatic carbocycles. The lowest BCUT2D eigenvalue weighted by Gasteiger charge is -2.25. The maximum Gasteiger partial charge on any atom is 0.253 e. The Balaban J connectivity index is 1.54. The van der Waals surface area contributed by atoms with Gasteiger partial charge < -0.3 is 19.5 Å². The third-order valence-electron chi connectivity index (χ3n) is 5.92. The Bertz CT molecular complexity index is 929. The lowest BCUT2D eigenvalue weighted by Crippen LogP contribution is -2.40. The summed E-state index contributed by atoms with van der Waals surface area (Å²) in [7, 11) is 1.51. The fourth-order valence-corrected chi connectivity index (χ4v) is 4.66. The summed E-state index contributed by atoms with van der Waals surface area (Å²) in [5.74, 6) is 1.04. The van der Waals surface area contributed by atoms with Crippen LogP contribution in [0.4, 0.5) is 0 Å². The van der Waals surface area contributed by atoms with Crippen molar-refractivity contribution in [2.24, 2.45) is 5.92 Å². The summed E-state index contributed by atoms with van der Waals surface area (Å²) in [5.41, 5.74) is 1.03. The van der Waals surface area contributed by atoms with Crippen molar-refractivity contribution in [1.82, 2.24) is 25.3 Å². The van der Waals surface area contributed by atoms with E-state index in [9.17, 15) is 9.59 Å². The molecule has 1 unspecified atom stereocenters. The summed E-state index contributed by atoms with van der Waals surface area (Å²) in [4.78, 5) is 35.5. The number of carbonyl (C=O) groups is 2. The molecule has 2 aromatic rings. The number of pyridine rings is 1. The molecule has 2 amide bonds. The predicted molar refractivity (Wildman–Crippen MR) is 102 cm³/mol. The van der Waals surface area contributed by atoms with Gasteiger partial charge in [0.2, 0.25) is 11.8 Å². The maximum atomic E-state index is 12.7. The first-order chi connectivity index (χ1) is 13.9. The van der Waals surface area contributed by atoms with Crippen molar-refractivity contribution in [2.45, 2.75) is 38.1 Å². The second kappa shape index (κ2) is 7.55. The lowest BCUT2D eigenvalue weighted by molar-refractivity contribution is -0.134. The molecule has 1 aliphatic carbocycles. The van der Waals surface area contributed by atoms with Crippen molar-refractivity contribution in [3.8, 4) is 0 Å². The number of aryl methyl sites for hydroxylation is 2. The summed E-state index contributed by atoms with van der Waals surface area (Å²) >= 11 is 0. The van der Waals surface area contributed by atoms with Gasteiger partial charge in [0.25, 0.3) is 5.91 Å². The zero-order valence-corrected chi connectivity index (χ0v) is 16.8. The molecule has 2 aromatic heterocycles. The zero-order valence-electron chi connectivity index (χ0n) is 16.8. The van der Waals surface area contributed by atoms with Gasteiger partial charge in [0, 0.05) is 38.6 Å². The van der Waals surface area contributed by atoms with Crippen LogP contribution < -0.4 is 5.32 Å². The molecular formula is C20H25N5O4. The largest absolute Gasteiger partial charge is 0.375 e. The number of nitrogens with zero attached hydrogens (tertiary/aromatic N) is 4. The minimum atomic E-state index is -0.451. The lowest BCUT2D eigenvalue weighted by atomic mass is 9.80. The molecule has 2 aliphatic rings. The third kappa shape index (κ3) is 3.62. The average molecular weight is 399 g/mol. The number of nitrogens with one attached hydrogen (secondary N) is 1. The van der Waals surface area contributed by atoms with Gasteiger partial charge in [0.1, 0.15) is 6.61 Å². The fourth-order valence-electron chi connectivity index (χ4n) is 4.66. The number of aromatic nitrogens is 3. The van der Waals surface area contributed by atoms with Gasteiger partial charge >= 0.3 is 0 Å². The molecule has 0 radical (unpaired) electrons. The Morgan fingerprint density at radius 2 is 2.21 bits per heavy atom. The summed E-state index contributed by atoms with van der Waals surface area (Å²) in [6.45, 7) is 4.80. The minimum absolute atomic E-state index is 0.0418. The Morgan fingerprint density at radius 3 is 2.90 bits per heavy atom. The van der Waals surface area contributed by atoms with Gasteiger partial charge in [-0.05, 0) is 44.2 Å². The number of amides is 2. The molecule has 1 saturated heterocycles. The van der Waals surface area contributed by atoms with Crippen LogP contribution in [0.3, 0.4) is 0 Å². The molecule has 3 heterocycles. The second-order valence-corrected chi connectivity index (χ2v) is 8.07. The number of hydrogen-bond donors (Lipinski definition) is 1. The van der Waals surface area contributed by atoms with Crippen molar-refractivity contribution in [2.75, 3.05) is 26.8 Å². The minimum Gasteiger partial charge on any atom is -0.375 e. The first-order valence-electron chi connectivity index (χ1n) is 9.71. The quantitative estimate of drug-likeness (QED) is 0.799. The van der Waals surface area contributed by atoms with Gasteiger partial charge in [-0.15, -0.1) is 0 Å². The molecule has 29 heavy (non-hydrogen) atoms. The predicted octanol–water partition coefficient (Wildman–Crippen LogP) is 1.02. The molecule has 1 aliphatic heterocycles. The van der Waals surface area contributed by atoms with Gasteiger partial charge in [-0.3, -0.25) is 14.6 Å². The summed E-state index contributed by atoms with van der Waals surface area (Å²) < 4.78 is 10.5. The van der Waals surface area contributed by atoms with Crippen molar-refractivity contribution in [1.29, 1.82) is 0 Å². The highest BCUT2D eigenvalue weighted by Gasteiger charge is 2.58. The molecule has 3 atom stereocenters. The average Bonchev–Trinajstić information content (AvgIpc) is 3.34. The standard InChI is InChI=1S/C20H25N5O4/c1-12-4-14(8-21-7-12)18(27)23-16-5-15-9-25(17(26)10-28-3)11-20(15,6-16)19-22-13(2)24-29-19/h4,7-8,15-16H,5-6,9-11H2,1-3H3,(H,23,27)/t15?,16-,20+/m1/s1. The van der Waals surface area contributed by atoms with E-state index in [0.29, 0.717) is 36.8 Å². The third-order valence-corrected chi connectivity index (χ3v) is 5.92. The van der Waals surface area contributed by atoms with Crippen LogP contribution in [0, 0.1) is 19.8 Å².